The van der Waals surface area contributed by atoms with Crippen LogP contribution in [0.4, 0.5) is 8.78 Å². The van der Waals surface area contributed by atoms with Crippen molar-refractivity contribution in [1.82, 2.24) is 15.2 Å². The maximum absolute atomic E-state index is 13.2. The Bertz CT molecular complexity index is 1360. The summed E-state index contributed by atoms with van der Waals surface area (Å²) in [5.41, 5.74) is 3.25. The van der Waals surface area contributed by atoms with Crippen LogP contribution in [0.2, 0.25) is 10.0 Å². The van der Waals surface area contributed by atoms with E-state index in [1.54, 1.807) is 13.1 Å². The first kappa shape index (κ1) is 23.7. The van der Waals surface area contributed by atoms with E-state index in [9.17, 15) is 13.6 Å². The first-order valence-electron chi connectivity index (χ1n) is 9.94. The van der Waals surface area contributed by atoms with Crippen LogP contribution in [-0.2, 0) is 11.2 Å². The highest BCUT2D eigenvalue weighted by Crippen LogP contribution is 2.39. The van der Waals surface area contributed by atoms with Gasteiger partial charge < -0.3 is 14.6 Å². The second-order valence-corrected chi connectivity index (χ2v) is 8.12. The van der Waals surface area contributed by atoms with E-state index >= 15 is 0 Å². The number of H-pyrrole nitrogens is 1. The molecule has 2 aromatic carbocycles. The van der Waals surface area contributed by atoms with Crippen molar-refractivity contribution in [2.24, 2.45) is 0 Å². The Morgan fingerprint density at radius 3 is 2.50 bits per heavy atom. The number of carboxylic acids is 1. The van der Waals surface area contributed by atoms with E-state index in [0.29, 0.717) is 27.2 Å². The third kappa shape index (κ3) is 4.90. The number of pyridine rings is 1. The van der Waals surface area contributed by atoms with Crippen molar-refractivity contribution >= 4 is 40.1 Å². The predicted molar refractivity (Wildman–Crippen MR) is 123 cm³/mol. The molecule has 0 fully saturated rings. The average Bonchev–Trinajstić information content (AvgIpc) is 3.22. The number of hydrogen-bond donors (Lipinski definition) is 2. The van der Waals surface area contributed by atoms with Crippen LogP contribution in [0.1, 0.15) is 16.7 Å². The molecule has 4 rings (SSSR count). The van der Waals surface area contributed by atoms with E-state index < -0.39 is 19.2 Å². The van der Waals surface area contributed by atoms with Gasteiger partial charge in [0.1, 0.15) is 11.4 Å². The molecule has 7 nitrogen and oxygen atoms in total. The molecule has 0 unspecified atom stereocenters. The highest BCUT2D eigenvalue weighted by atomic mass is 35.5. The summed E-state index contributed by atoms with van der Waals surface area (Å²) in [6.07, 6.45) is 1.77. The molecule has 34 heavy (non-hydrogen) atoms. The summed E-state index contributed by atoms with van der Waals surface area (Å²) in [5.74, 6) is -1.21. The summed E-state index contributed by atoms with van der Waals surface area (Å²) in [6.45, 7) is -1.99. The fourth-order valence-corrected chi connectivity index (χ4v) is 4.01. The lowest BCUT2D eigenvalue weighted by atomic mass is 9.97. The molecule has 2 heterocycles. The maximum Gasteiger partial charge on any atom is 0.388 e. The fourth-order valence-electron chi connectivity index (χ4n) is 3.61. The molecule has 0 bridgehead atoms. The summed E-state index contributed by atoms with van der Waals surface area (Å²) in [6, 6.07) is 10.2. The summed E-state index contributed by atoms with van der Waals surface area (Å²) in [5, 5.41) is 16.9. The molecule has 0 amide bonds. The minimum Gasteiger partial charge on any atom is -0.481 e. The largest absolute Gasteiger partial charge is 0.481 e. The highest BCUT2D eigenvalue weighted by Gasteiger charge is 2.21. The number of benzene rings is 2. The number of ether oxygens (including phenoxy) is 2. The minimum atomic E-state index is -3.10. The normalized spacial score (nSPS) is 11.2. The summed E-state index contributed by atoms with van der Waals surface area (Å²) >= 11 is 12.4. The van der Waals surface area contributed by atoms with Gasteiger partial charge in [-0.1, -0.05) is 47.5 Å². The lowest BCUT2D eigenvalue weighted by Gasteiger charge is -2.18. The Morgan fingerprint density at radius 2 is 1.88 bits per heavy atom. The third-order valence-corrected chi connectivity index (χ3v) is 5.74. The number of alkyl halides is 2. The zero-order valence-electron chi connectivity index (χ0n) is 17.6. The van der Waals surface area contributed by atoms with Gasteiger partial charge in [-0.05, 0) is 30.2 Å². The molecule has 0 saturated heterocycles. The maximum atomic E-state index is 13.2. The van der Waals surface area contributed by atoms with Crippen LogP contribution < -0.4 is 9.47 Å². The number of halogens is 4. The molecule has 2 aromatic heterocycles. The first-order chi connectivity index (χ1) is 16.2. The molecule has 176 valence electrons. The van der Waals surface area contributed by atoms with E-state index in [2.05, 4.69) is 15.2 Å². The molecular formula is C23H17Cl2F2N3O4. The van der Waals surface area contributed by atoms with Gasteiger partial charge in [-0.2, -0.15) is 13.9 Å². The van der Waals surface area contributed by atoms with Gasteiger partial charge in [-0.15, -0.1) is 0 Å². The number of rotatable bonds is 8. The zero-order valence-corrected chi connectivity index (χ0v) is 19.1. The molecule has 0 spiro atoms. The molecule has 0 aliphatic heterocycles. The molecule has 4 aromatic rings. The van der Waals surface area contributed by atoms with Crippen molar-refractivity contribution in [2.45, 2.75) is 20.0 Å². The van der Waals surface area contributed by atoms with E-state index in [1.165, 1.54) is 12.1 Å². The second-order valence-electron chi connectivity index (χ2n) is 7.31. The number of nitrogens with one attached hydrogen (secondary N) is 1. The van der Waals surface area contributed by atoms with Crippen LogP contribution in [0, 0.1) is 6.92 Å². The number of hydrogen-bond acceptors (Lipinski definition) is 5. The van der Waals surface area contributed by atoms with Crippen LogP contribution in [0.3, 0.4) is 0 Å². The number of aromatic nitrogens is 3. The number of carbonyl (C=O) groups is 1. The molecule has 0 radical (unpaired) electrons. The molecule has 11 heteroatoms. The fraction of sp³-hybridized carbons (Fsp3) is 0.174. The Hall–Kier alpha value is -3.43. The van der Waals surface area contributed by atoms with Gasteiger partial charge in [-0.25, -0.2) is 9.78 Å². The number of aryl methyl sites for hydroxylation is 1. The highest BCUT2D eigenvalue weighted by molar-refractivity contribution is 6.35. The minimum absolute atomic E-state index is 0.171. The topological polar surface area (TPSA) is 97.3 Å². The van der Waals surface area contributed by atoms with Crippen molar-refractivity contribution < 1.29 is 28.2 Å². The van der Waals surface area contributed by atoms with Crippen LogP contribution in [-0.4, -0.2) is 39.5 Å². The Kier molecular flexibility index (Phi) is 6.85. The summed E-state index contributed by atoms with van der Waals surface area (Å²) in [7, 11) is 0. The van der Waals surface area contributed by atoms with Crippen LogP contribution in [0.15, 0.2) is 42.6 Å². The predicted octanol–water partition coefficient (Wildman–Crippen LogP) is 5.90. The summed E-state index contributed by atoms with van der Waals surface area (Å²) < 4.78 is 36.5. The van der Waals surface area contributed by atoms with Gasteiger partial charge in [0.05, 0.1) is 15.6 Å². The van der Waals surface area contributed by atoms with E-state index in [0.717, 1.165) is 11.1 Å². The Morgan fingerprint density at radius 1 is 1.15 bits per heavy atom. The zero-order chi connectivity index (χ0) is 24.4. The Labute approximate surface area is 202 Å². The quantitative estimate of drug-likeness (QED) is 0.308. The number of aromatic amines is 1. The van der Waals surface area contributed by atoms with Gasteiger partial charge in [-0.3, -0.25) is 5.10 Å². The molecular weight excluding hydrogens is 491 g/mol. The molecule has 0 aliphatic rings. The van der Waals surface area contributed by atoms with Crippen LogP contribution in [0.5, 0.6) is 11.6 Å². The van der Waals surface area contributed by atoms with E-state index in [-0.39, 0.29) is 28.6 Å². The number of nitrogens with zero attached hydrogens (tertiary/aromatic N) is 2. The average molecular weight is 508 g/mol. The first-order valence-corrected chi connectivity index (χ1v) is 10.7. The smallest absolute Gasteiger partial charge is 0.388 e. The molecule has 2 N–H and O–H groups in total. The van der Waals surface area contributed by atoms with E-state index in [1.807, 2.05) is 24.3 Å². The summed E-state index contributed by atoms with van der Waals surface area (Å²) in [4.78, 5) is 15.2. The van der Waals surface area contributed by atoms with Crippen molar-refractivity contribution in [3.63, 3.8) is 0 Å². The second kappa shape index (κ2) is 9.82. The molecule has 0 aliphatic carbocycles. The number of fused-ring (bicyclic) bond motifs is 1. The number of carboxylic acid groups (broad SMARTS) is 1. The van der Waals surface area contributed by atoms with Crippen molar-refractivity contribution in [2.75, 3.05) is 6.61 Å². The third-order valence-electron chi connectivity index (χ3n) is 5.14. The monoisotopic (exact) mass is 507 g/mol. The van der Waals surface area contributed by atoms with Crippen molar-refractivity contribution in [1.29, 1.82) is 0 Å². The Balaban J connectivity index is 1.79. The molecule has 0 saturated carbocycles. The lowest BCUT2D eigenvalue weighted by Crippen LogP contribution is -2.11. The number of aliphatic carboxylic acids is 1. The van der Waals surface area contributed by atoms with Gasteiger partial charge in [0.2, 0.25) is 5.88 Å². The van der Waals surface area contributed by atoms with Crippen molar-refractivity contribution in [3.8, 4) is 22.9 Å². The lowest BCUT2D eigenvalue weighted by molar-refractivity contribution is -0.139. The van der Waals surface area contributed by atoms with Crippen LogP contribution >= 0.6 is 23.2 Å². The molecule has 0 atom stereocenters. The van der Waals surface area contributed by atoms with Gasteiger partial charge >= 0.3 is 12.6 Å². The van der Waals surface area contributed by atoms with Crippen LogP contribution in [0.25, 0.3) is 22.2 Å². The van der Waals surface area contributed by atoms with Gasteiger partial charge in [0.15, 0.2) is 6.61 Å². The van der Waals surface area contributed by atoms with Crippen molar-refractivity contribution in [3.05, 3.63) is 69.3 Å². The van der Waals surface area contributed by atoms with Gasteiger partial charge in [0.25, 0.3) is 0 Å². The van der Waals surface area contributed by atoms with E-state index in [4.69, 9.17) is 37.8 Å². The standard InChI is InChI=1S/C23H17Cl2F2N3O4/c1-11-14(8-12-2-4-13(5-3-12)20-16(25)9-28-30-20)22(34-23(26)27)29-21-15(24)6-7-17(19(11)21)33-10-18(31)32/h2-7,9,23H,8,10H2,1H3,(H,28,30)(H,31,32). The van der Waals surface area contributed by atoms with Gasteiger partial charge in [0, 0.05) is 29.1 Å². The SMILES string of the molecule is Cc1c(Cc2ccc(-c3n[nH]cc3Cl)cc2)c(OC(F)F)nc2c(Cl)ccc(OCC(=O)O)c12.